The van der Waals surface area contributed by atoms with Crippen molar-refractivity contribution in [1.29, 1.82) is 0 Å². The van der Waals surface area contributed by atoms with E-state index in [4.69, 9.17) is 4.74 Å². The number of para-hydroxylation sites is 1. The molecule has 0 amide bonds. The molecule has 0 fully saturated rings. The van der Waals surface area contributed by atoms with Gasteiger partial charge < -0.3 is 4.74 Å². The number of nitrogens with one attached hydrogen (secondary N) is 1. The van der Waals surface area contributed by atoms with E-state index in [0.717, 1.165) is 0 Å². The molecule has 3 rings (SSSR count). The lowest BCUT2D eigenvalue weighted by molar-refractivity contribution is 0.0551. The van der Waals surface area contributed by atoms with Crippen molar-refractivity contribution in [2.24, 2.45) is 0 Å². The SMILES string of the molecule is C=CCOC(=O)c1cccc(C)c1NS(=O)(=O)c1nc2nccc(C)n2n1. The van der Waals surface area contributed by atoms with Crippen LogP contribution in [0, 0.1) is 13.8 Å². The second-order valence-corrected chi connectivity index (χ2v) is 7.26. The molecule has 0 saturated carbocycles. The van der Waals surface area contributed by atoms with Crippen molar-refractivity contribution in [2.75, 3.05) is 11.3 Å². The minimum atomic E-state index is -4.15. The highest BCUT2D eigenvalue weighted by atomic mass is 32.2. The van der Waals surface area contributed by atoms with Gasteiger partial charge in [-0.15, -0.1) is 5.10 Å². The van der Waals surface area contributed by atoms with E-state index in [1.54, 1.807) is 32.0 Å². The second kappa shape index (κ2) is 7.16. The summed E-state index contributed by atoms with van der Waals surface area (Å²) in [6.07, 6.45) is 2.94. The topological polar surface area (TPSA) is 116 Å². The second-order valence-electron chi connectivity index (χ2n) is 5.68. The van der Waals surface area contributed by atoms with Crippen LogP contribution in [0.15, 0.2) is 48.3 Å². The maximum Gasteiger partial charge on any atom is 0.340 e. The first-order chi connectivity index (χ1) is 12.8. The molecule has 3 aromatic rings. The molecule has 27 heavy (non-hydrogen) atoms. The lowest BCUT2D eigenvalue weighted by atomic mass is 10.1. The van der Waals surface area contributed by atoms with Crippen LogP contribution in [0.3, 0.4) is 0 Å². The lowest BCUT2D eigenvalue weighted by Crippen LogP contribution is -2.19. The first kappa shape index (κ1) is 18.5. The zero-order valence-electron chi connectivity index (χ0n) is 14.7. The standard InChI is InChI=1S/C17H17N5O4S/c1-4-10-26-15(23)13-7-5-6-11(2)14(13)21-27(24,25)17-19-16-18-9-8-12(3)22(16)20-17/h4-9,21H,1,10H2,2-3H3. The van der Waals surface area contributed by atoms with Gasteiger partial charge in [0.15, 0.2) is 0 Å². The summed E-state index contributed by atoms with van der Waals surface area (Å²) in [7, 11) is -4.15. The number of sulfonamides is 1. The molecule has 0 atom stereocenters. The molecule has 0 spiro atoms. The van der Waals surface area contributed by atoms with Gasteiger partial charge in [0.25, 0.3) is 21.0 Å². The zero-order chi connectivity index (χ0) is 19.6. The molecule has 2 aromatic heterocycles. The highest BCUT2D eigenvalue weighted by Crippen LogP contribution is 2.24. The Balaban J connectivity index is 2.01. The quantitative estimate of drug-likeness (QED) is 0.507. The fourth-order valence-corrected chi connectivity index (χ4v) is 3.39. The van der Waals surface area contributed by atoms with E-state index < -0.39 is 21.1 Å². The number of fused-ring (bicyclic) bond motifs is 1. The Morgan fingerprint density at radius 3 is 2.81 bits per heavy atom. The molecule has 0 aliphatic rings. The number of rotatable bonds is 6. The number of anilines is 1. The van der Waals surface area contributed by atoms with Crippen molar-refractivity contribution in [2.45, 2.75) is 19.0 Å². The Labute approximate surface area is 155 Å². The summed E-state index contributed by atoms with van der Waals surface area (Å²) >= 11 is 0. The summed E-state index contributed by atoms with van der Waals surface area (Å²) in [5, 5.41) is 3.55. The summed E-state index contributed by atoms with van der Waals surface area (Å²) in [6, 6.07) is 6.46. The molecule has 1 aromatic carbocycles. The Kier molecular flexibility index (Phi) is 4.91. The van der Waals surface area contributed by atoms with Gasteiger partial charge in [-0.2, -0.15) is 13.4 Å². The molecule has 9 nitrogen and oxygen atoms in total. The number of hydrogen-bond acceptors (Lipinski definition) is 7. The van der Waals surface area contributed by atoms with E-state index in [1.807, 2.05) is 0 Å². The van der Waals surface area contributed by atoms with Crippen LogP contribution in [0.5, 0.6) is 0 Å². The van der Waals surface area contributed by atoms with Gasteiger partial charge in [0.05, 0.1) is 11.3 Å². The predicted molar refractivity (Wildman–Crippen MR) is 98.0 cm³/mol. The average molecular weight is 387 g/mol. The fraction of sp³-hybridized carbons (Fsp3) is 0.176. The summed E-state index contributed by atoms with van der Waals surface area (Å²) in [5.74, 6) is -0.512. The summed E-state index contributed by atoms with van der Waals surface area (Å²) in [4.78, 5) is 20.2. The fourth-order valence-electron chi connectivity index (χ4n) is 2.37. The van der Waals surface area contributed by atoms with Crippen LogP contribution >= 0.6 is 0 Å². The highest BCUT2D eigenvalue weighted by Gasteiger charge is 2.25. The summed E-state index contributed by atoms with van der Waals surface area (Å²) in [5.41, 5.74) is 1.41. The maximum absolute atomic E-state index is 12.8. The van der Waals surface area contributed by atoms with Gasteiger partial charge in [0.1, 0.15) is 6.61 Å². The number of benzene rings is 1. The minimum absolute atomic E-state index is 0.0118. The number of esters is 1. The third-order valence-corrected chi connectivity index (χ3v) is 4.84. The minimum Gasteiger partial charge on any atom is -0.458 e. The van der Waals surface area contributed by atoms with Crippen molar-refractivity contribution in [1.82, 2.24) is 19.6 Å². The first-order valence-corrected chi connectivity index (χ1v) is 9.40. The average Bonchev–Trinajstić information content (AvgIpc) is 3.08. The number of aromatic nitrogens is 4. The van der Waals surface area contributed by atoms with E-state index in [-0.39, 0.29) is 23.6 Å². The molecule has 0 bridgehead atoms. The van der Waals surface area contributed by atoms with Crippen LogP contribution in [-0.2, 0) is 14.8 Å². The van der Waals surface area contributed by atoms with Crippen molar-refractivity contribution < 1.29 is 17.9 Å². The highest BCUT2D eigenvalue weighted by molar-refractivity contribution is 7.92. The van der Waals surface area contributed by atoms with Crippen molar-refractivity contribution in [3.8, 4) is 0 Å². The molecule has 140 valence electrons. The largest absolute Gasteiger partial charge is 0.458 e. The maximum atomic E-state index is 12.8. The Hall–Kier alpha value is -3.27. The molecule has 0 radical (unpaired) electrons. The summed E-state index contributed by atoms with van der Waals surface area (Å²) < 4.78 is 34.3. The van der Waals surface area contributed by atoms with Crippen LogP contribution in [0.2, 0.25) is 0 Å². The van der Waals surface area contributed by atoms with E-state index in [1.165, 1.54) is 22.9 Å². The van der Waals surface area contributed by atoms with Crippen molar-refractivity contribution in [3.63, 3.8) is 0 Å². The molecular formula is C17H17N5O4S. The van der Waals surface area contributed by atoms with E-state index in [2.05, 4.69) is 26.4 Å². The van der Waals surface area contributed by atoms with Gasteiger partial charge in [-0.25, -0.2) is 14.3 Å². The normalized spacial score (nSPS) is 11.3. The molecule has 1 N–H and O–H groups in total. The Morgan fingerprint density at radius 1 is 1.33 bits per heavy atom. The molecule has 0 aliphatic carbocycles. The third kappa shape index (κ3) is 3.65. The van der Waals surface area contributed by atoms with Crippen LogP contribution < -0.4 is 4.72 Å². The van der Waals surface area contributed by atoms with E-state index >= 15 is 0 Å². The van der Waals surface area contributed by atoms with Crippen LogP contribution in [-0.4, -0.2) is 40.6 Å². The molecule has 0 unspecified atom stereocenters. The number of aryl methyl sites for hydroxylation is 2. The van der Waals surface area contributed by atoms with Gasteiger partial charge in [0.2, 0.25) is 0 Å². The number of carbonyl (C=O) groups excluding carboxylic acids is 1. The number of hydrogen-bond donors (Lipinski definition) is 1. The number of carbonyl (C=O) groups is 1. The van der Waals surface area contributed by atoms with Crippen molar-refractivity contribution in [3.05, 3.63) is 59.9 Å². The number of nitrogens with zero attached hydrogens (tertiary/aromatic N) is 4. The Bertz CT molecular complexity index is 1140. The van der Waals surface area contributed by atoms with Crippen LogP contribution in [0.4, 0.5) is 5.69 Å². The lowest BCUT2D eigenvalue weighted by Gasteiger charge is -2.13. The van der Waals surface area contributed by atoms with Gasteiger partial charge in [-0.3, -0.25) is 4.72 Å². The summed E-state index contributed by atoms with van der Waals surface area (Å²) in [6.45, 7) is 6.92. The van der Waals surface area contributed by atoms with Gasteiger partial charge in [0, 0.05) is 11.9 Å². The molecule has 0 aliphatic heterocycles. The smallest absolute Gasteiger partial charge is 0.340 e. The van der Waals surface area contributed by atoms with Crippen LogP contribution in [0.1, 0.15) is 21.6 Å². The molecule has 2 heterocycles. The van der Waals surface area contributed by atoms with Gasteiger partial charge >= 0.3 is 5.97 Å². The predicted octanol–water partition coefficient (Wildman–Crippen LogP) is 1.88. The molecule has 0 saturated heterocycles. The van der Waals surface area contributed by atoms with Gasteiger partial charge in [-0.05, 0) is 31.5 Å². The third-order valence-electron chi connectivity index (χ3n) is 3.71. The zero-order valence-corrected chi connectivity index (χ0v) is 15.5. The van der Waals surface area contributed by atoms with E-state index in [9.17, 15) is 13.2 Å². The molecule has 10 heteroatoms. The number of ether oxygens (including phenoxy) is 1. The molecular weight excluding hydrogens is 370 g/mol. The Morgan fingerprint density at radius 2 is 2.11 bits per heavy atom. The monoisotopic (exact) mass is 387 g/mol. The van der Waals surface area contributed by atoms with Gasteiger partial charge in [-0.1, -0.05) is 24.8 Å². The van der Waals surface area contributed by atoms with Crippen molar-refractivity contribution >= 4 is 27.5 Å². The van der Waals surface area contributed by atoms with Crippen LogP contribution in [0.25, 0.3) is 5.78 Å². The van der Waals surface area contributed by atoms with E-state index in [0.29, 0.717) is 11.3 Å². The first-order valence-electron chi connectivity index (χ1n) is 7.92.